The van der Waals surface area contributed by atoms with Crippen LogP contribution in [-0.4, -0.2) is 46.7 Å². The van der Waals surface area contributed by atoms with E-state index in [1.165, 1.54) is 16.7 Å². The van der Waals surface area contributed by atoms with Crippen molar-refractivity contribution in [2.75, 3.05) is 31.4 Å². The molecule has 190 valence electrons. The molecule has 0 saturated carbocycles. The number of nitrogens with two attached hydrogens (primary N) is 1. The lowest BCUT2D eigenvalue weighted by atomic mass is 9.88. The summed E-state index contributed by atoms with van der Waals surface area (Å²) >= 11 is 0. The summed E-state index contributed by atoms with van der Waals surface area (Å²) in [5.74, 6) is 1.19. The Morgan fingerprint density at radius 3 is 2.34 bits per heavy atom. The van der Waals surface area contributed by atoms with Crippen LogP contribution in [0.5, 0.6) is 0 Å². The van der Waals surface area contributed by atoms with Gasteiger partial charge in [0.25, 0.3) is 0 Å². The molecule has 0 aliphatic carbocycles. The van der Waals surface area contributed by atoms with Gasteiger partial charge in [0.1, 0.15) is 0 Å². The summed E-state index contributed by atoms with van der Waals surface area (Å²) in [5, 5.41) is 0. The van der Waals surface area contributed by atoms with Gasteiger partial charge in [-0.3, -0.25) is 4.79 Å². The Bertz CT molecular complexity index is 1050. The number of allylic oxidation sites excluding steroid dienone is 2. The number of piperidine rings is 1. The summed E-state index contributed by atoms with van der Waals surface area (Å²) in [6, 6.07) is 19.0. The molecule has 4 nitrogen and oxygen atoms in total. The number of aryl methyl sites for hydroxylation is 1. The first-order valence-corrected chi connectivity index (χ1v) is 15.2. The van der Waals surface area contributed by atoms with Crippen LogP contribution in [-0.2, 0) is 17.8 Å². The SMILES string of the molecule is C/C(CCc1ccccc1)=C(\C=C(/C)C(=O)N1CCC(c2cccc(CN)c2)CC1)CS(C)(C)O. The Labute approximate surface area is 213 Å². The van der Waals surface area contributed by atoms with Crippen molar-refractivity contribution in [3.05, 3.63) is 94.1 Å². The fourth-order valence-electron chi connectivity index (χ4n) is 4.77. The molecule has 5 heteroatoms. The molecule has 1 aliphatic heterocycles. The highest BCUT2D eigenvalue weighted by molar-refractivity contribution is 8.28. The van der Waals surface area contributed by atoms with Gasteiger partial charge < -0.3 is 15.2 Å². The molecule has 1 fully saturated rings. The topological polar surface area (TPSA) is 66.6 Å². The highest BCUT2D eigenvalue weighted by Gasteiger charge is 2.25. The van der Waals surface area contributed by atoms with Crippen molar-refractivity contribution in [2.45, 2.75) is 52.0 Å². The lowest BCUT2D eigenvalue weighted by Gasteiger charge is -2.33. The molecule has 1 heterocycles. The van der Waals surface area contributed by atoms with Crippen molar-refractivity contribution < 1.29 is 9.35 Å². The molecular formula is C30H42N2O2S. The number of carbonyl (C=O) groups excluding carboxylic acids is 1. The maximum absolute atomic E-state index is 13.3. The van der Waals surface area contributed by atoms with Crippen molar-refractivity contribution in [1.29, 1.82) is 0 Å². The second-order valence-electron chi connectivity index (χ2n) is 10.3. The van der Waals surface area contributed by atoms with Crippen LogP contribution in [0, 0.1) is 0 Å². The van der Waals surface area contributed by atoms with Crippen LogP contribution < -0.4 is 5.73 Å². The zero-order valence-corrected chi connectivity index (χ0v) is 22.6. The third kappa shape index (κ3) is 8.38. The van der Waals surface area contributed by atoms with Gasteiger partial charge in [-0.25, -0.2) is 0 Å². The lowest BCUT2D eigenvalue weighted by Crippen LogP contribution is -2.38. The van der Waals surface area contributed by atoms with Crippen LogP contribution in [0.2, 0.25) is 0 Å². The first-order valence-electron chi connectivity index (χ1n) is 12.6. The summed E-state index contributed by atoms with van der Waals surface area (Å²) in [5.41, 5.74) is 12.7. The lowest BCUT2D eigenvalue weighted by molar-refractivity contribution is -0.128. The molecule has 0 radical (unpaired) electrons. The summed E-state index contributed by atoms with van der Waals surface area (Å²) in [7, 11) is -1.73. The van der Waals surface area contributed by atoms with E-state index in [9.17, 15) is 9.35 Å². The molecule has 1 amide bonds. The molecule has 0 aromatic heterocycles. The van der Waals surface area contributed by atoms with E-state index in [2.05, 4.69) is 55.5 Å². The molecular weight excluding hydrogens is 452 g/mol. The predicted molar refractivity (Wildman–Crippen MR) is 151 cm³/mol. The summed E-state index contributed by atoms with van der Waals surface area (Å²) in [6.45, 7) is 6.15. The van der Waals surface area contributed by atoms with Crippen molar-refractivity contribution in [1.82, 2.24) is 4.90 Å². The highest BCUT2D eigenvalue weighted by Crippen LogP contribution is 2.38. The molecule has 0 atom stereocenters. The van der Waals surface area contributed by atoms with E-state index in [-0.39, 0.29) is 5.91 Å². The monoisotopic (exact) mass is 494 g/mol. The van der Waals surface area contributed by atoms with Crippen molar-refractivity contribution in [3.63, 3.8) is 0 Å². The van der Waals surface area contributed by atoms with E-state index in [1.807, 2.05) is 36.5 Å². The van der Waals surface area contributed by atoms with Crippen LogP contribution in [0.1, 0.15) is 55.7 Å². The van der Waals surface area contributed by atoms with Gasteiger partial charge >= 0.3 is 0 Å². The first kappa shape index (κ1) is 27.3. The summed E-state index contributed by atoms with van der Waals surface area (Å²) < 4.78 is 10.6. The van der Waals surface area contributed by atoms with Crippen LogP contribution in [0.4, 0.5) is 0 Å². The number of rotatable bonds is 9. The Kier molecular flexibility index (Phi) is 9.79. The van der Waals surface area contributed by atoms with Gasteiger partial charge in [-0.2, -0.15) is 0 Å². The molecule has 0 unspecified atom stereocenters. The Morgan fingerprint density at radius 1 is 1.06 bits per heavy atom. The van der Waals surface area contributed by atoms with Gasteiger partial charge in [0, 0.05) is 31.0 Å². The summed E-state index contributed by atoms with van der Waals surface area (Å²) in [4.78, 5) is 15.3. The fraction of sp³-hybridized carbons (Fsp3) is 0.433. The number of carbonyl (C=O) groups is 1. The number of hydrogen-bond acceptors (Lipinski definition) is 3. The minimum absolute atomic E-state index is 0.110. The van der Waals surface area contributed by atoms with Gasteiger partial charge in [-0.15, -0.1) is 10.3 Å². The molecule has 1 saturated heterocycles. The molecule has 0 spiro atoms. The Morgan fingerprint density at radius 2 is 1.71 bits per heavy atom. The van der Waals surface area contributed by atoms with Crippen LogP contribution in [0.25, 0.3) is 0 Å². The normalized spacial score (nSPS) is 16.7. The maximum Gasteiger partial charge on any atom is 0.249 e. The highest BCUT2D eigenvalue weighted by atomic mass is 32.3. The van der Waals surface area contributed by atoms with E-state index in [0.717, 1.165) is 55.5 Å². The van der Waals surface area contributed by atoms with E-state index in [0.29, 0.717) is 18.2 Å². The van der Waals surface area contributed by atoms with Crippen molar-refractivity contribution in [3.8, 4) is 0 Å². The number of nitrogens with zero attached hydrogens (tertiary/aromatic N) is 1. The van der Waals surface area contributed by atoms with E-state index in [1.54, 1.807) is 0 Å². The van der Waals surface area contributed by atoms with Crippen molar-refractivity contribution in [2.24, 2.45) is 5.73 Å². The smallest absolute Gasteiger partial charge is 0.249 e. The zero-order chi connectivity index (χ0) is 25.4. The third-order valence-corrected chi connectivity index (χ3v) is 7.87. The number of likely N-dealkylation sites (tertiary alicyclic amines) is 1. The third-order valence-electron chi connectivity index (χ3n) is 6.86. The fourth-order valence-corrected chi connectivity index (χ4v) is 5.86. The first-order chi connectivity index (χ1) is 16.7. The predicted octanol–water partition coefficient (Wildman–Crippen LogP) is 6.28. The van der Waals surface area contributed by atoms with Crippen LogP contribution in [0.3, 0.4) is 0 Å². The van der Waals surface area contributed by atoms with E-state index < -0.39 is 10.3 Å². The number of benzene rings is 2. The second kappa shape index (κ2) is 12.6. The molecule has 3 N–H and O–H groups in total. The molecule has 35 heavy (non-hydrogen) atoms. The second-order valence-corrected chi connectivity index (χ2v) is 13.5. The number of hydrogen-bond donors (Lipinski definition) is 2. The Balaban J connectivity index is 1.68. The maximum atomic E-state index is 13.3. The van der Waals surface area contributed by atoms with E-state index >= 15 is 0 Å². The van der Waals surface area contributed by atoms with Crippen LogP contribution in [0.15, 0.2) is 77.4 Å². The van der Waals surface area contributed by atoms with E-state index in [4.69, 9.17) is 5.73 Å². The van der Waals surface area contributed by atoms with Crippen LogP contribution >= 0.6 is 10.3 Å². The van der Waals surface area contributed by atoms with Gasteiger partial charge in [0.05, 0.1) is 0 Å². The Hall–Kier alpha value is -2.34. The molecule has 2 aromatic rings. The van der Waals surface area contributed by atoms with Gasteiger partial charge in [-0.1, -0.05) is 60.2 Å². The largest absolute Gasteiger partial charge is 0.352 e. The molecule has 0 bridgehead atoms. The molecule has 1 aliphatic rings. The molecule has 2 aromatic carbocycles. The van der Waals surface area contributed by atoms with Crippen molar-refractivity contribution >= 4 is 16.2 Å². The average Bonchev–Trinajstić information content (AvgIpc) is 2.86. The quantitative estimate of drug-likeness (QED) is 0.318. The minimum atomic E-state index is -1.73. The minimum Gasteiger partial charge on any atom is -0.352 e. The van der Waals surface area contributed by atoms with Gasteiger partial charge in [0.15, 0.2) is 0 Å². The van der Waals surface area contributed by atoms with Gasteiger partial charge in [0.2, 0.25) is 5.91 Å². The average molecular weight is 495 g/mol. The number of amides is 1. The van der Waals surface area contributed by atoms with Gasteiger partial charge in [-0.05, 0) is 86.3 Å². The molecule has 3 rings (SSSR count). The summed E-state index contributed by atoms with van der Waals surface area (Å²) in [6.07, 6.45) is 9.67. The zero-order valence-electron chi connectivity index (χ0n) is 21.8. The standard InChI is InChI=1S/C30H42N2O2S/c1-23(13-14-25-9-6-5-7-10-25)29(22-35(3,4)34)19-24(2)30(33)32-17-15-27(16-18-32)28-12-8-11-26(20-28)21-31/h5-12,19-20,27,34H,13-18,21-22,31H2,1-4H3/b24-19+,29-23-.